The van der Waals surface area contributed by atoms with Crippen molar-refractivity contribution in [2.24, 2.45) is 11.6 Å². The van der Waals surface area contributed by atoms with Crippen LogP contribution in [0, 0.1) is 0 Å². The van der Waals surface area contributed by atoms with Crippen LogP contribution in [0.4, 0.5) is 5.69 Å². The predicted molar refractivity (Wildman–Crippen MR) is 70.0 cm³/mol. The number of nitrogens with one attached hydrogen (secondary N) is 2. The molecule has 2 amide bonds. The number of nitrogens with two attached hydrogens (primary N) is 2. The molecule has 0 atom stereocenters. The molecule has 18 heavy (non-hydrogen) atoms. The van der Waals surface area contributed by atoms with E-state index in [1.165, 1.54) is 19.9 Å². The van der Waals surface area contributed by atoms with Gasteiger partial charge in [0.05, 0.1) is 11.3 Å². The van der Waals surface area contributed by atoms with Gasteiger partial charge in [-0.25, -0.2) is 0 Å². The molecule has 1 aromatic rings. The van der Waals surface area contributed by atoms with Crippen molar-refractivity contribution in [2.45, 2.75) is 19.4 Å². The van der Waals surface area contributed by atoms with E-state index in [1.807, 2.05) is 0 Å². The molecular weight excluding hydrogens is 256 g/mol. The Kier molecular flexibility index (Phi) is 4.15. The molecular formula is C11H15ClN4O2. The molecule has 0 saturated heterocycles. The van der Waals surface area contributed by atoms with E-state index < -0.39 is 17.4 Å². The smallest absolute Gasteiger partial charge is 0.254 e. The average molecular weight is 271 g/mol. The maximum atomic E-state index is 12.0. The van der Waals surface area contributed by atoms with Gasteiger partial charge in [-0.05, 0) is 32.0 Å². The summed E-state index contributed by atoms with van der Waals surface area (Å²) in [6.07, 6.45) is 0. The quantitative estimate of drug-likeness (QED) is 0.475. The van der Waals surface area contributed by atoms with Crippen LogP contribution in [0.15, 0.2) is 18.2 Å². The molecule has 6 nitrogen and oxygen atoms in total. The van der Waals surface area contributed by atoms with Gasteiger partial charge in [-0.15, -0.1) is 0 Å². The second kappa shape index (κ2) is 5.24. The van der Waals surface area contributed by atoms with E-state index in [0.29, 0.717) is 10.7 Å². The molecule has 0 saturated carbocycles. The Hall–Kier alpha value is -1.79. The highest BCUT2D eigenvalue weighted by Gasteiger charge is 2.28. The number of anilines is 1. The number of hydrogen-bond acceptors (Lipinski definition) is 4. The molecule has 0 heterocycles. The summed E-state index contributed by atoms with van der Waals surface area (Å²) in [6.45, 7) is 3.01. The fourth-order valence-electron chi connectivity index (χ4n) is 1.24. The van der Waals surface area contributed by atoms with Crippen LogP contribution < -0.4 is 22.3 Å². The zero-order valence-corrected chi connectivity index (χ0v) is 10.8. The molecule has 0 fully saturated rings. The van der Waals surface area contributed by atoms with Crippen LogP contribution in [0.2, 0.25) is 5.02 Å². The number of amides is 2. The fourth-order valence-corrected chi connectivity index (χ4v) is 1.42. The minimum atomic E-state index is -1.16. The summed E-state index contributed by atoms with van der Waals surface area (Å²) in [5.41, 5.74) is 7.03. The lowest BCUT2D eigenvalue weighted by Gasteiger charge is -2.23. The summed E-state index contributed by atoms with van der Waals surface area (Å²) >= 11 is 5.81. The lowest BCUT2D eigenvalue weighted by molar-refractivity contribution is -0.122. The number of hydrazine groups is 1. The second-order valence-electron chi connectivity index (χ2n) is 4.28. The number of nitrogen functional groups attached to an aromatic ring is 1. The van der Waals surface area contributed by atoms with E-state index in [1.54, 1.807) is 12.1 Å². The lowest BCUT2D eigenvalue weighted by Crippen LogP contribution is -2.53. The van der Waals surface area contributed by atoms with E-state index in [4.69, 9.17) is 23.2 Å². The van der Waals surface area contributed by atoms with Gasteiger partial charge in [-0.3, -0.25) is 15.4 Å². The van der Waals surface area contributed by atoms with Gasteiger partial charge in [0.15, 0.2) is 0 Å². The average Bonchev–Trinajstić information content (AvgIpc) is 2.28. The van der Waals surface area contributed by atoms with Gasteiger partial charge in [0.2, 0.25) is 5.91 Å². The first-order valence-electron chi connectivity index (χ1n) is 5.16. The van der Waals surface area contributed by atoms with Crippen molar-refractivity contribution >= 4 is 29.1 Å². The zero-order valence-electron chi connectivity index (χ0n) is 10.1. The number of halogens is 1. The number of carbonyl (C=O) groups is 2. The van der Waals surface area contributed by atoms with Gasteiger partial charge in [-0.1, -0.05) is 11.6 Å². The van der Waals surface area contributed by atoms with Crippen molar-refractivity contribution in [3.8, 4) is 0 Å². The molecule has 1 aromatic carbocycles. The topological polar surface area (TPSA) is 110 Å². The van der Waals surface area contributed by atoms with Crippen molar-refractivity contribution < 1.29 is 9.59 Å². The Balaban J connectivity index is 3.04. The molecule has 0 aliphatic heterocycles. The summed E-state index contributed by atoms with van der Waals surface area (Å²) in [5, 5.41) is 2.89. The van der Waals surface area contributed by atoms with Crippen LogP contribution in [-0.4, -0.2) is 17.4 Å². The molecule has 7 heteroatoms. The molecule has 0 aliphatic rings. The highest BCUT2D eigenvalue weighted by Crippen LogP contribution is 2.20. The number of primary amides is 1. The van der Waals surface area contributed by atoms with Crippen LogP contribution in [0.1, 0.15) is 24.2 Å². The first-order chi connectivity index (χ1) is 8.27. The zero-order chi connectivity index (χ0) is 13.9. The van der Waals surface area contributed by atoms with Crippen LogP contribution in [0.25, 0.3) is 0 Å². The normalized spacial score (nSPS) is 10.9. The van der Waals surface area contributed by atoms with Gasteiger partial charge >= 0.3 is 0 Å². The van der Waals surface area contributed by atoms with Gasteiger partial charge in [-0.2, -0.15) is 0 Å². The SMILES string of the molecule is CC(C)(NC(=O)c1cc(Cl)ccc1NN)C(N)=O. The van der Waals surface area contributed by atoms with Crippen LogP contribution in [-0.2, 0) is 4.79 Å². The van der Waals surface area contributed by atoms with E-state index in [-0.39, 0.29) is 5.56 Å². The van der Waals surface area contributed by atoms with E-state index in [9.17, 15) is 9.59 Å². The van der Waals surface area contributed by atoms with Gasteiger partial charge < -0.3 is 16.5 Å². The Labute approximate surface area is 110 Å². The summed E-state index contributed by atoms with van der Waals surface area (Å²) in [5.74, 6) is 4.17. The Morgan fingerprint density at radius 2 is 1.94 bits per heavy atom. The van der Waals surface area contributed by atoms with E-state index in [0.717, 1.165) is 0 Å². The minimum Gasteiger partial charge on any atom is -0.368 e. The highest BCUT2D eigenvalue weighted by molar-refractivity contribution is 6.31. The summed E-state index contributed by atoms with van der Waals surface area (Å²) in [4.78, 5) is 23.2. The van der Waals surface area contributed by atoms with Gasteiger partial charge in [0.1, 0.15) is 5.54 Å². The van der Waals surface area contributed by atoms with Crippen LogP contribution >= 0.6 is 11.6 Å². The summed E-state index contributed by atoms with van der Waals surface area (Å²) in [7, 11) is 0. The molecule has 1 rings (SSSR count). The van der Waals surface area contributed by atoms with Crippen molar-refractivity contribution in [3.63, 3.8) is 0 Å². The standard InChI is InChI=1S/C11H15ClN4O2/c1-11(2,10(13)18)15-9(17)7-5-6(12)3-4-8(7)16-14/h3-5,16H,14H2,1-2H3,(H2,13,18)(H,15,17). The number of benzene rings is 1. The van der Waals surface area contributed by atoms with Crippen molar-refractivity contribution in [1.82, 2.24) is 5.32 Å². The van der Waals surface area contributed by atoms with E-state index in [2.05, 4.69) is 10.7 Å². The molecule has 0 radical (unpaired) electrons. The Morgan fingerprint density at radius 3 is 2.44 bits per heavy atom. The van der Waals surface area contributed by atoms with Gasteiger partial charge in [0, 0.05) is 5.02 Å². The maximum Gasteiger partial charge on any atom is 0.254 e. The Morgan fingerprint density at radius 1 is 1.33 bits per heavy atom. The predicted octanol–water partition coefficient (Wildman–Crippen LogP) is 0.619. The summed E-state index contributed by atoms with van der Waals surface area (Å²) < 4.78 is 0. The first kappa shape index (κ1) is 14.3. The van der Waals surface area contributed by atoms with E-state index >= 15 is 0 Å². The molecule has 98 valence electrons. The first-order valence-corrected chi connectivity index (χ1v) is 5.54. The number of rotatable bonds is 4. The maximum absolute atomic E-state index is 12.0. The van der Waals surface area contributed by atoms with Gasteiger partial charge in [0.25, 0.3) is 5.91 Å². The van der Waals surface area contributed by atoms with Crippen LogP contribution in [0.5, 0.6) is 0 Å². The Bertz CT molecular complexity index is 488. The molecule has 0 spiro atoms. The highest BCUT2D eigenvalue weighted by atomic mass is 35.5. The number of hydrogen-bond donors (Lipinski definition) is 4. The molecule has 0 unspecified atom stereocenters. The van der Waals surface area contributed by atoms with Crippen molar-refractivity contribution in [2.75, 3.05) is 5.43 Å². The molecule has 0 bridgehead atoms. The molecule has 6 N–H and O–H groups in total. The molecule has 0 aliphatic carbocycles. The van der Waals surface area contributed by atoms with Crippen molar-refractivity contribution in [1.29, 1.82) is 0 Å². The number of carbonyl (C=O) groups excluding carboxylic acids is 2. The second-order valence-corrected chi connectivity index (χ2v) is 4.71. The fraction of sp³-hybridized carbons (Fsp3) is 0.273. The third kappa shape index (κ3) is 3.12. The largest absolute Gasteiger partial charge is 0.368 e. The summed E-state index contributed by atoms with van der Waals surface area (Å²) in [6, 6.07) is 4.60. The lowest BCUT2D eigenvalue weighted by atomic mass is 10.0. The third-order valence-corrected chi connectivity index (χ3v) is 2.66. The minimum absolute atomic E-state index is 0.235. The monoisotopic (exact) mass is 270 g/mol. The van der Waals surface area contributed by atoms with Crippen molar-refractivity contribution in [3.05, 3.63) is 28.8 Å². The van der Waals surface area contributed by atoms with Crippen LogP contribution in [0.3, 0.4) is 0 Å². The third-order valence-electron chi connectivity index (χ3n) is 2.42. The molecule has 0 aromatic heterocycles.